The SMILES string of the molecule is CCCCNC(=O)CN1CCCC(CNC2CC2)C1. The van der Waals surface area contributed by atoms with E-state index in [0.29, 0.717) is 6.54 Å². The van der Waals surface area contributed by atoms with E-state index >= 15 is 0 Å². The number of nitrogens with one attached hydrogen (secondary N) is 2. The molecule has 1 aliphatic heterocycles. The van der Waals surface area contributed by atoms with Gasteiger partial charge < -0.3 is 10.6 Å². The standard InChI is InChI=1S/C15H29N3O/c1-2-3-8-16-15(19)12-18-9-4-5-13(11-18)10-17-14-6-7-14/h13-14,17H,2-12H2,1H3,(H,16,19). The lowest BCUT2D eigenvalue weighted by atomic mass is 9.98. The lowest BCUT2D eigenvalue weighted by Gasteiger charge is -2.32. The Morgan fingerprint density at radius 2 is 2.16 bits per heavy atom. The van der Waals surface area contributed by atoms with E-state index in [0.717, 1.165) is 51.0 Å². The van der Waals surface area contributed by atoms with Gasteiger partial charge in [0, 0.05) is 19.1 Å². The van der Waals surface area contributed by atoms with Crippen molar-refractivity contribution in [3.05, 3.63) is 0 Å². The lowest BCUT2D eigenvalue weighted by Crippen LogP contribution is -2.44. The number of nitrogens with zero attached hydrogens (tertiary/aromatic N) is 1. The van der Waals surface area contributed by atoms with E-state index in [9.17, 15) is 4.79 Å². The molecule has 2 fully saturated rings. The zero-order valence-electron chi connectivity index (χ0n) is 12.3. The number of carbonyl (C=O) groups is 1. The van der Waals surface area contributed by atoms with E-state index in [4.69, 9.17) is 0 Å². The molecule has 0 aromatic heterocycles. The molecule has 0 aromatic rings. The fourth-order valence-electron chi connectivity index (χ4n) is 2.75. The minimum absolute atomic E-state index is 0.198. The van der Waals surface area contributed by atoms with Gasteiger partial charge in [0.1, 0.15) is 0 Å². The highest BCUT2D eigenvalue weighted by Gasteiger charge is 2.25. The van der Waals surface area contributed by atoms with Gasteiger partial charge in [-0.2, -0.15) is 0 Å². The molecule has 110 valence electrons. The summed E-state index contributed by atoms with van der Waals surface area (Å²) in [6, 6.07) is 0.799. The van der Waals surface area contributed by atoms with Crippen LogP contribution in [-0.2, 0) is 4.79 Å². The molecule has 0 aromatic carbocycles. The first-order chi connectivity index (χ1) is 9.28. The smallest absolute Gasteiger partial charge is 0.234 e. The average molecular weight is 267 g/mol. The minimum Gasteiger partial charge on any atom is -0.355 e. The summed E-state index contributed by atoms with van der Waals surface area (Å²) in [5, 5.41) is 6.62. The Labute approximate surface area is 117 Å². The molecule has 1 heterocycles. The summed E-state index contributed by atoms with van der Waals surface area (Å²) in [4.78, 5) is 14.1. The number of unbranched alkanes of at least 4 members (excludes halogenated alkanes) is 1. The topological polar surface area (TPSA) is 44.4 Å². The molecule has 4 nitrogen and oxygen atoms in total. The quantitative estimate of drug-likeness (QED) is 0.653. The van der Waals surface area contributed by atoms with Gasteiger partial charge in [-0.1, -0.05) is 13.3 Å². The zero-order valence-corrected chi connectivity index (χ0v) is 12.3. The zero-order chi connectivity index (χ0) is 13.5. The molecule has 1 saturated carbocycles. The highest BCUT2D eigenvalue weighted by molar-refractivity contribution is 5.77. The maximum absolute atomic E-state index is 11.8. The van der Waals surface area contributed by atoms with Crippen molar-refractivity contribution >= 4 is 5.91 Å². The third-order valence-electron chi connectivity index (χ3n) is 4.10. The van der Waals surface area contributed by atoms with Gasteiger partial charge in [0.2, 0.25) is 5.91 Å². The predicted molar refractivity (Wildman–Crippen MR) is 78.1 cm³/mol. The third kappa shape index (κ3) is 5.91. The molecule has 1 atom stereocenters. The second-order valence-electron chi connectivity index (χ2n) is 6.13. The number of amides is 1. The van der Waals surface area contributed by atoms with Gasteiger partial charge in [-0.15, -0.1) is 0 Å². The van der Waals surface area contributed by atoms with Crippen molar-refractivity contribution in [2.75, 3.05) is 32.7 Å². The Morgan fingerprint density at radius 1 is 1.32 bits per heavy atom. The molecule has 1 saturated heterocycles. The molecular formula is C15H29N3O. The second kappa shape index (κ2) is 7.85. The fourth-order valence-corrected chi connectivity index (χ4v) is 2.75. The average Bonchev–Trinajstić information content (AvgIpc) is 3.21. The van der Waals surface area contributed by atoms with Gasteiger partial charge in [-0.25, -0.2) is 0 Å². The van der Waals surface area contributed by atoms with Crippen LogP contribution in [0.3, 0.4) is 0 Å². The van der Waals surface area contributed by atoms with Crippen molar-refractivity contribution in [3.8, 4) is 0 Å². The number of piperidine rings is 1. The van der Waals surface area contributed by atoms with Crippen molar-refractivity contribution in [3.63, 3.8) is 0 Å². The monoisotopic (exact) mass is 267 g/mol. The molecule has 2 N–H and O–H groups in total. The summed E-state index contributed by atoms with van der Waals surface area (Å²) < 4.78 is 0. The molecule has 2 rings (SSSR count). The van der Waals surface area contributed by atoms with E-state index in [1.807, 2.05) is 0 Å². The van der Waals surface area contributed by atoms with Crippen LogP contribution in [0.25, 0.3) is 0 Å². The summed E-state index contributed by atoms with van der Waals surface area (Å²) in [6.45, 7) is 6.87. The maximum atomic E-state index is 11.8. The molecule has 0 bridgehead atoms. The normalized spacial score (nSPS) is 24.4. The summed E-state index contributed by atoms with van der Waals surface area (Å²) >= 11 is 0. The molecule has 1 amide bonds. The largest absolute Gasteiger partial charge is 0.355 e. The van der Waals surface area contributed by atoms with Gasteiger partial charge in [0.15, 0.2) is 0 Å². The van der Waals surface area contributed by atoms with Crippen LogP contribution in [0.1, 0.15) is 45.4 Å². The lowest BCUT2D eigenvalue weighted by molar-refractivity contribution is -0.122. The first-order valence-electron chi connectivity index (χ1n) is 8.00. The molecule has 0 spiro atoms. The molecule has 1 aliphatic carbocycles. The van der Waals surface area contributed by atoms with Crippen molar-refractivity contribution in [2.24, 2.45) is 5.92 Å². The molecule has 4 heteroatoms. The first-order valence-corrected chi connectivity index (χ1v) is 8.00. The molecular weight excluding hydrogens is 238 g/mol. The van der Waals surface area contributed by atoms with E-state index in [2.05, 4.69) is 22.5 Å². The van der Waals surface area contributed by atoms with Gasteiger partial charge in [0.25, 0.3) is 0 Å². The molecule has 2 aliphatic rings. The summed E-state index contributed by atoms with van der Waals surface area (Å²) in [6.07, 6.45) is 7.48. The van der Waals surface area contributed by atoms with Gasteiger partial charge in [-0.05, 0) is 51.1 Å². The number of likely N-dealkylation sites (tertiary alicyclic amines) is 1. The van der Waals surface area contributed by atoms with Crippen LogP contribution in [0.15, 0.2) is 0 Å². The van der Waals surface area contributed by atoms with Crippen molar-refractivity contribution in [1.29, 1.82) is 0 Å². The summed E-state index contributed by atoms with van der Waals surface area (Å²) in [7, 11) is 0. The Kier molecular flexibility index (Phi) is 6.11. The summed E-state index contributed by atoms with van der Waals surface area (Å²) in [5.74, 6) is 0.932. The molecule has 0 radical (unpaired) electrons. The Balaban J connectivity index is 1.60. The minimum atomic E-state index is 0.198. The predicted octanol–water partition coefficient (Wildman–Crippen LogP) is 1.37. The maximum Gasteiger partial charge on any atom is 0.234 e. The summed E-state index contributed by atoms with van der Waals surface area (Å²) in [5.41, 5.74) is 0. The van der Waals surface area contributed by atoms with Crippen LogP contribution in [0.2, 0.25) is 0 Å². The molecule has 1 unspecified atom stereocenters. The number of carbonyl (C=O) groups excluding carboxylic acids is 1. The van der Waals surface area contributed by atoms with Crippen molar-refractivity contribution < 1.29 is 4.79 Å². The van der Waals surface area contributed by atoms with Crippen molar-refractivity contribution in [1.82, 2.24) is 15.5 Å². The highest BCUT2D eigenvalue weighted by atomic mass is 16.2. The molecule has 19 heavy (non-hydrogen) atoms. The Morgan fingerprint density at radius 3 is 2.89 bits per heavy atom. The van der Waals surface area contributed by atoms with Crippen LogP contribution < -0.4 is 10.6 Å². The van der Waals surface area contributed by atoms with E-state index in [1.165, 1.54) is 25.7 Å². The number of hydrogen-bond donors (Lipinski definition) is 2. The second-order valence-corrected chi connectivity index (χ2v) is 6.13. The van der Waals surface area contributed by atoms with E-state index in [1.54, 1.807) is 0 Å². The highest BCUT2D eigenvalue weighted by Crippen LogP contribution is 2.21. The Hall–Kier alpha value is -0.610. The van der Waals surface area contributed by atoms with Crippen LogP contribution in [0.5, 0.6) is 0 Å². The fraction of sp³-hybridized carbons (Fsp3) is 0.933. The van der Waals surface area contributed by atoms with E-state index < -0.39 is 0 Å². The van der Waals surface area contributed by atoms with Crippen LogP contribution in [0.4, 0.5) is 0 Å². The van der Waals surface area contributed by atoms with Crippen LogP contribution in [0, 0.1) is 5.92 Å². The van der Waals surface area contributed by atoms with Gasteiger partial charge >= 0.3 is 0 Å². The van der Waals surface area contributed by atoms with E-state index in [-0.39, 0.29) is 5.91 Å². The van der Waals surface area contributed by atoms with Crippen molar-refractivity contribution in [2.45, 2.75) is 51.5 Å². The number of hydrogen-bond acceptors (Lipinski definition) is 3. The number of rotatable bonds is 8. The Bertz CT molecular complexity index is 279. The van der Waals surface area contributed by atoms with Gasteiger partial charge in [-0.3, -0.25) is 9.69 Å². The van der Waals surface area contributed by atoms with Crippen LogP contribution >= 0.6 is 0 Å². The third-order valence-corrected chi connectivity index (χ3v) is 4.10. The van der Waals surface area contributed by atoms with Gasteiger partial charge in [0.05, 0.1) is 6.54 Å². The van der Waals surface area contributed by atoms with Crippen LogP contribution in [-0.4, -0.2) is 49.6 Å². The first kappa shape index (κ1) is 14.8.